The number of halogens is 3. The Morgan fingerprint density at radius 3 is 2.45 bits per heavy atom. The van der Waals surface area contributed by atoms with Gasteiger partial charge in [0, 0.05) is 12.3 Å². The van der Waals surface area contributed by atoms with Crippen LogP contribution in [0.3, 0.4) is 0 Å². The number of benzene rings is 2. The van der Waals surface area contributed by atoms with E-state index in [2.05, 4.69) is 9.72 Å². The molecule has 3 aromatic rings. The number of methoxy groups -OCH3 is 1. The molecular formula is C23H18F3NO6. The molecule has 0 saturated carbocycles. The molecule has 0 atom stereocenters. The Kier molecular flexibility index (Phi) is 6.86. The van der Waals surface area contributed by atoms with Gasteiger partial charge in [-0.1, -0.05) is 12.1 Å². The minimum atomic E-state index is -4.93. The standard InChI is InChI=1S/C23H18F3NO6/c1-13(28)17-7-8-18(20(21(17)29)23(24,25)26)32-12-14-4-3-5-16(10-14)33-19-9-6-15(11-27-19)22(30)31-2/h3-11,29H,12H2,1-2H3. The van der Waals surface area contributed by atoms with E-state index in [0.29, 0.717) is 11.3 Å². The predicted octanol–water partition coefficient (Wildman–Crippen LogP) is 5.17. The van der Waals surface area contributed by atoms with Gasteiger partial charge in [0.05, 0.1) is 18.2 Å². The number of hydrogen-bond donors (Lipinski definition) is 1. The van der Waals surface area contributed by atoms with E-state index in [-0.39, 0.29) is 18.1 Å². The van der Waals surface area contributed by atoms with Crippen LogP contribution >= 0.6 is 0 Å². The topological polar surface area (TPSA) is 95.0 Å². The zero-order valence-corrected chi connectivity index (χ0v) is 17.5. The van der Waals surface area contributed by atoms with Gasteiger partial charge < -0.3 is 19.3 Å². The number of Topliss-reactive ketones (excluding diaryl/α,β-unsaturated/α-hetero) is 1. The molecule has 7 nitrogen and oxygen atoms in total. The third-order valence-electron chi connectivity index (χ3n) is 4.48. The normalized spacial score (nSPS) is 11.1. The number of pyridine rings is 1. The number of ketones is 1. The van der Waals surface area contributed by atoms with E-state index in [1.165, 1.54) is 31.5 Å². The summed E-state index contributed by atoms with van der Waals surface area (Å²) in [5.41, 5.74) is -1.15. The number of alkyl halides is 3. The smallest absolute Gasteiger partial charge is 0.423 e. The zero-order chi connectivity index (χ0) is 24.2. The number of carbonyl (C=O) groups excluding carboxylic acids is 2. The highest BCUT2D eigenvalue weighted by molar-refractivity contribution is 5.97. The van der Waals surface area contributed by atoms with E-state index < -0.39 is 40.6 Å². The lowest BCUT2D eigenvalue weighted by Gasteiger charge is -2.17. The Labute approximate surface area is 186 Å². The third kappa shape index (κ3) is 5.59. The minimum Gasteiger partial charge on any atom is -0.506 e. The van der Waals surface area contributed by atoms with Crippen LogP contribution in [0, 0.1) is 0 Å². The Hall–Kier alpha value is -4.08. The van der Waals surface area contributed by atoms with Crippen molar-refractivity contribution in [3.05, 3.63) is 77.0 Å². The molecule has 0 bridgehead atoms. The van der Waals surface area contributed by atoms with E-state index in [9.17, 15) is 27.9 Å². The molecule has 1 aromatic heterocycles. The summed E-state index contributed by atoms with van der Waals surface area (Å²) in [5.74, 6) is -2.52. The van der Waals surface area contributed by atoms with Gasteiger partial charge >= 0.3 is 12.1 Å². The lowest BCUT2D eigenvalue weighted by molar-refractivity contribution is -0.140. The van der Waals surface area contributed by atoms with E-state index in [4.69, 9.17) is 9.47 Å². The first-order valence-electron chi connectivity index (χ1n) is 9.48. The van der Waals surface area contributed by atoms with Gasteiger partial charge in [-0.25, -0.2) is 9.78 Å². The summed E-state index contributed by atoms with van der Waals surface area (Å²) >= 11 is 0. The largest absolute Gasteiger partial charge is 0.506 e. The van der Waals surface area contributed by atoms with Crippen LogP contribution in [0.5, 0.6) is 23.1 Å². The molecule has 3 rings (SSSR count). The second kappa shape index (κ2) is 9.60. The molecule has 10 heteroatoms. The number of phenols is 1. The molecule has 172 valence electrons. The number of aromatic nitrogens is 1. The molecule has 0 fully saturated rings. The summed E-state index contributed by atoms with van der Waals surface area (Å²) in [6.07, 6.45) is -3.65. The maximum atomic E-state index is 13.5. The molecule has 2 aromatic carbocycles. The van der Waals surface area contributed by atoms with Crippen molar-refractivity contribution in [1.29, 1.82) is 0 Å². The first-order chi connectivity index (χ1) is 15.6. The molecule has 0 saturated heterocycles. The first kappa shape index (κ1) is 23.6. The fourth-order valence-corrected chi connectivity index (χ4v) is 2.91. The molecule has 0 spiro atoms. The SMILES string of the molecule is COC(=O)c1ccc(Oc2cccc(COc3ccc(C(C)=O)c(O)c3C(F)(F)F)c2)nc1. The molecule has 0 aliphatic rings. The van der Waals surface area contributed by atoms with E-state index in [0.717, 1.165) is 19.1 Å². The Balaban J connectivity index is 1.77. The molecule has 0 unspecified atom stereocenters. The maximum absolute atomic E-state index is 13.5. The van der Waals surface area contributed by atoms with Crippen molar-refractivity contribution in [1.82, 2.24) is 4.98 Å². The number of hydrogen-bond acceptors (Lipinski definition) is 7. The van der Waals surface area contributed by atoms with Crippen LogP contribution in [0.4, 0.5) is 13.2 Å². The Morgan fingerprint density at radius 1 is 1.09 bits per heavy atom. The number of carbonyl (C=O) groups is 2. The van der Waals surface area contributed by atoms with E-state index in [1.807, 2.05) is 0 Å². The molecular weight excluding hydrogens is 443 g/mol. The van der Waals surface area contributed by atoms with E-state index >= 15 is 0 Å². The lowest BCUT2D eigenvalue weighted by Crippen LogP contribution is -2.11. The second-order valence-electron chi connectivity index (χ2n) is 6.80. The summed E-state index contributed by atoms with van der Waals surface area (Å²) in [6.45, 7) is 0.785. The van der Waals surface area contributed by atoms with Crippen molar-refractivity contribution in [3.63, 3.8) is 0 Å². The second-order valence-corrected chi connectivity index (χ2v) is 6.80. The van der Waals surface area contributed by atoms with Gasteiger partial charge in [-0.15, -0.1) is 0 Å². The summed E-state index contributed by atoms with van der Waals surface area (Å²) < 4.78 is 55.9. The number of aromatic hydroxyl groups is 1. The summed E-state index contributed by atoms with van der Waals surface area (Å²) in [4.78, 5) is 26.9. The molecule has 0 radical (unpaired) electrons. The number of rotatable bonds is 7. The molecule has 1 N–H and O–H groups in total. The van der Waals surface area contributed by atoms with Crippen molar-refractivity contribution < 1.29 is 42.1 Å². The minimum absolute atomic E-state index is 0.185. The fraction of sp³-hybridized carbons (Fsp3) is 0.174. The maximum Gasteiger partial charge on any atom is 0.423 e. The van der Waals surface area contributed by atoms with Gasteiger partial charge in [-0.05, 0) is 42.8 Å². The van der Waals surface area contributed by atoms with Crippen LogP contribution in [0.25, 0.3) is 0 Å². The van der Waals surface area contributed by atoms with Crippen molar-refractivity contribution in [2.24, 2.45) is 0 Å². The fourth-order valence-electron chi connectivity index (χ4n) is 2.91. The van der Waals surface area contributed by atoms with Crippen LogP contribution in [-0.2, 0) is 17.5 Å². The average Bonchev–Trinajstić information content (AvgIpc) is 2.76. The molecule has 0 aliphatic carbocycles. The molecule has 0 amide bonds. The van der Waals surface area contributed by atoms with Gasteiger partial charge in [-0.3, -0.25) is 4.79 Å². The van der Waals surface area contributed by atoms with Crippen LogP contribution in [0.1, 0.15) is 38.8 Å². The summed E-state index contributed by atoms with van der Waals surface area (Å²) in [7, 11) is 1.25. The highest BCUT2D eigenvalue weighted by Gasteiger charge is 2.39. The van der Waals surface area contributed by atoms with Gasteiger partial charge in [0.25, 0.3) is 0 Å². The van der Waals surface area contributed by atoms with Gasteiger partial charge in [0.2, 0.25) is 5.88 Å². The van der Waals surface area contributed by atoms with Crippen LogP contribution in [0.2, 0.25) is 0 Å². The van der Waals surface area contributed by atoms with Gasteiger partial charge in [-0.2, -0.15) is 13.2 Å². The van der Waals surface area contributed by atoms with Crippen molar-refractivity contribution in [2.45, 2.75) is 19.7 Å². The average molecular weight is 461 g/mol. The summed E-state index contributed by atoms with van der Waals surface area (Å²) in [6, 6.07) is 11.4. The van der Waals surface area contributed by atoms with Gasteiger partial charge in [0.1, 0.15) is 29.4 Å². The zero-order valence-electron chi connectivity index (χ0n) is 17.5. The first-order valence-corrected chi connectivity index (χ1v) is 9.48. The van der Waals surface area contributed by atoms with Crippen LogP contribution in [-0.4, -0.2) is 29.0 Å². The third-order valence-corrected chi connectivity index (χ3v) is 4.48. The predicted molar refractivity (Wildman–Crippen MR) is 110 cm³/mol. The number of nitrogens with zero attached hydrogens (tertiary/aromatic N) is 1. The molecule has 1 heterocycles. The van der Waals surface area contributed by atoms with Crippen molar-refractivity contribution in [3.8, 4) is 23.1 Å². The van der Waals surface area contributed by atoms with Crippen LogP contribution < -0.4 is 9.47 Å². The Bertz CT molecular complexity index is 1180. The molecule has 33 heavy (non-hydrogen) atoms. The van der Waals surface area contributed by atoms with Crippen LogP contribution in [0.15, 0.2) is 54.7 Å². The number of ether oxygens (including phenoxy) is 3. The lowest BCUT2D eigenvalue weighted by atomic mass is 10.0. The molecule has 0 aliphatic heterocycles. The van der Waals surface area contributed by atoms with Gasteiger partial charge in [0.15, 0.2) is 5.78 Å². The van der Waals surface area contributed by atoms with Crippen molar-refractivity contribution >= 4 is 11.8 Å². The highest BCUT2D eigenvalue weighted by Crippen LogP contribution is 2.44. The number of esters is 1. The van der Waals surface area contributed by atoms with E-state index in [1.54, 1.807) is 18.2 Å². The number of phenolic OH excluding ortho intramolecular Hbond substituents is 1. The highest BCUT2D eigenvalue weighted by atomic mass is 19.4. The Morgan fingerprint density at radius 2 is 1.85 bits per heavy atom. The monoisotopic (exact) mass is 461 g/mol. The quantitative estimate of drug-likeness (QED) is 0.383. The summed E-state index contributed by atoms with van der Waals surface area (Å²) in [5, 5.41) is 9.97. The van der Waals surface area contributed by atoms with Crippen molar-refractivity contribution in [2.75, 3.05) is 7.11 Å².